The largest absolute Gasteiger partial charge is 0.489 e. The molecule has 8 heteroatoms. The van der Waals surface area contributed by atoms with Gasteiger partial charge in [-0.25, -0.2) is 0 Å². The van der Waals surface area contributed by atoms with Crippen LogP contribution in [-0.4, -0.2) is 0 Å². The van der Waals surface area contributed by atoms with Crippen molar-refractivity contribution in [3.8, 4) is 34.1 Å². The van der Waals surface area contributed by atoms with Crippen LogP contribution in [0.3, 0.4) is 0 Å². The Bertz CT molecular complexity index is 3680. The van der Waals surface area contributed by atoms with Gasteiger partial charge in [-0.1, -0.05) is 182 Å². The van der Waals surface area contributed by atoms with E-state index in [4.69, 9.17) is 18.9 Å². The van der Waals surface area contributed by atoms with Gasteiger partial charge in [-0.2, -0.15) is 0 Å². The van der Waals surface area contributed by atoms with E-state index in [0.29, 0.717) is 81.3 Å². The summed E-state index contributed by atoms with van der Waals surface area (Å²) in [5, 5.41) is 7.28. The number of rotatable bonds is 19. The van der Waals surface area contributed by atoms with Gasteiger partial charge < -0.3 is 28.1 Å². The summed E-state index contributed by atoms with van der Waals surface area (Å²) in [6, 6.07) is 95.4. The molecule has 0 atom stereocenters. The highest BCUT2D eigenvalue weighted by Crippen LogP contribution is 2.52. The van der Waals surface area contributed by atoms with Crippen molar-refractivity contribution in [3.63, 3.8) is 0 Å². The highest BCUT2D eigenvalue weighted by molar-refractivity contribution is 7.86. The molecule has 80 heavy (non-hydrogen) atoms. The maximum Gasteiger partial charge on any atom is 0.171 e. The second kappa shape index (κ2) is 23.4. The lowest BCUT2D eigenvalue weighted by molar-refractivity contribution is 0.306. The maximum absolute atomic E-state index is 17.5. The SMILES string of the molecule is O=P(c1ccc(OCc2ccccc2)cc1)(c1ccc(OCc2ccccc2)cc1)c1ccc2ccccc2c1-c1c(P(=O)(c2ccc(OCc3ccccc3)cc2)c2ccc(OCc3ccccc3)cc2)ccc2ccccc12. The van der Waals surface area contributed by atoms with Gasteiger partial charge in [0.05, 0.1) is 0 Å². The average Bonchev–Trinajstić information content (AvgIpc) is 3.31. The van der Waals surface area contributed by atoms with Gasteiger partial charge in [-0.15, -0.1) is 0 Å². The number of hydrogen-bond acceptors (Lipinski definition) is 6. The third-order valence-electron chi connectivity index (χ3n) is 14.5. The fraction of sp³-hybridized carbons (Fsp3) is 0.0556. The minimum absolute atomic E-state index is 0.383. The first-order valence-electron chi connectivity index (χ1n) is 26.7. The van der Waals surface area contributed by atoms with Crippen LogP contribution in [0.1, 0.15) is 22.3 Å². The first kappa shape index (κ1) is 51.6. The van der Waals surface area contributed by atoms with Crippen molar-refractivity contribution in [2.24, 2.45) is 0 Å². The molecule has 6 nitrogen and oxygen atoms in total. The van der Waals surface area contributed by atoms with E-state index in [1.807, 2.05) is 255 Å². The Morgan fingerprint density at radius 1 is 0.237 bits per heavy atom. The van der Waals surface area contributed by atoms with Crippen molar-refractivity contribution < 1.29 is 28.1 Å². The molecule has 0 aliphatic heterocycles. The topological polar surface area (TPSA) is 71.1 Å². The quantitative estimate of drug-likeness (QED) is 0.0752. The average molecular weight is 1080 g/mol. The zero-order valence-corrected chi connectivity index (χ0v) is 45.7. The fourth-order valence-electron chi connectivity index (χ4n) is 10.4. The molecule has 0 N–H and O–H groups in total. The van der Waals surface area contributed by atoms with E-state index in [2.05, 4.69) is 36.4 Å². The van der Waals surface area contributed by atoms with Crippen LogP contribution < -0.4 is 50.8 Å². The van der Waals surface area contributed by atoms with E-state index < -0.39 is 14.3 Å². The van der Waals surface area contributed by atoms with E-state index in [0.717, 1.165) is 54.9 Å². The molecule has 12 aromatic carbocycles. The van der Waals surface area contributed by atoms with Crippen LogP contribution in [0.25, 0.3) is 32.7 Å². The molecule has 12 rings (SSSR count). The molecule has 0 heterocycles. The number of hydrogen-bond donors (Lipinski definition) is 0. The standard InChI is InChI=1S/C72H56O6P2/c73-79(63-39-31-59(32-40-63)75-49-53-17-5-1-6-18-53,64-41-33-60(34-42-64)76-50-54-19-7-2-8-20-54)69-47-29-57-25-13-15-27-67(57)71(69)72-68-28-16-14-26-58(68)30-48-70(72)80(74,65-43-35-61(36-44-65)77-51-55-21-9-3-10-22-55)66-45-37-62(38-46-66)78-52-56-23-11-4-12-24-56/h1-48H,49-52H2. The molecular weight excluding hydrogens is 1020 g/mol. The van der Waals surface area contributed by atoms with Crippen molar-refractivity contribution in [1.29, 1.82) is 0 Å². The molecule has 0 aliphatic rings. The summed E-state index contributed by atoms with van der Waals surface area (Å²) >= 11 is 0. The van der Waals surface area contributed by atoms with Gasteiger partial charge in [-0.05, 0) is 153 Å². The molecule has 0 radical (unpaired) electrons. The molecular formula is C72H56O6P2. The molecule has 390 valence electrons. The molecule has 0 fully saturated rings. The van der Waals surface area contributed by atoms with Crippen molar-refractivity contribution >= 4 is 67.7 Å². The molecule has 0 aromatic heterocycles. The molecule has 0 aliphatic carbocycles. The zero-order chi connectivity index (χ0) is 54.1. The normalized spacial score (nSPS) is 11.6. The van der Waals surface area contributed by atoms with E-state index >= 15 is 9.13 Å². The van der Waals surface area contributed by atoms with Crippen LogP contribution in [0.2, 0.25) is 0 Å². The Balaban J connectivity index is 1.05. The Labute approximate surface area is 467 Å². The summed E-state index contributed by atoms with van der Waals surface area (Å²) in [7, 11) is -7.77. The third kappa shape index (κ3) is 10.8. The number of fused-ring (bicyclic) bond motifs is 2. The second-order valence-electron chi connectivity index (χ2n) is 19.7. The summed E-state index contributed by atoms with van der Waals surface area (Å²) in [4.78, 5) is 0. The highest BCUT2D eigenvalue weighted by Gasteiger charge is 2.38. The molecule has 0 saturated heterocycles. The van der Waals surface area contributed by atoms with Gasteiger partial charge in [0.1, 0.15) is 49.4 Å². The molecule has 12 aromatic rings. The third-order valence-corrected chi connectivity index (χ3v) is 20.7. The van der Waals surface area contributed by atoms with Crippen LogP contribution in [0.5, 0.6) is 23.0 Å². The van der Waals surface area contributed by atoms with Crippen LogP contribution in [0.15, 0.2) is 291 Å². The van der Waals surface area contributed by atoms with Crippen molar-refractivity contribution in [1.82, 2.24) is 0 Å². The van der Waals surface area contributed by atoms with Gasteiger partial charge in [0, 0.05) is 43.0 Å². The summed E-state index contributed by atoms with van der Waals surface area (Å²) in [5.41, 5.74) is 5.64. The second-order valence-corrected chi connectivity index (χ2v) is 25.1. The number of benzene rings is 12. The molecule has 0 spiro atoms. The van der Waals surface area contributed by atoms with Gasteiger partial charge in [0.25, 0.3) is 0 Å². The van der Waals surface area contributed by atoms with E-state index in [1.165, 1.54) is 0 Å². The predicted molar refractivity (Wildman–Crippen MR) is 329 cm³/mol. The van der Waals surface area contributed by atoms with Gasteiger partial charge in [0.15, 0.2) is 14.3 Å². The van der Waals surface area contributed by atoms with Gasteiger partial charge >= 0.3 is 0 Å². The van der Waals surface area contributed by atoms with Crippen LogP contribution in [-0.2, 0) is 35.6 Å². The van der Waals surface area contributed by atoms with Crippen molar-refractivity contribution in [2.75, 3.05) is 0 Å². The van der Waals surface area contributed by atoms with E-state index in [-0.39, 0.29) is 0 Å². The summed E-state index contributed by atoms with van der Waals surface area (Å²) in [6.45, 7) is 1.53. The lowest BCUT2D eigenvalue weighted by Crippen LogP contribution is -2.30. The molecule has 0 saturated carbocycles. The van der Waals surface area contributed by atoms with E-state index in [1.54, 1.807) is 0 Å². The summed E-state index contributed by atoms with van der Waals surface area (Å²) < 4.78 is 60.3. The highest BCUT2D eigenvalue weighted by atomic mass is 31.2. The fourth-order valence-corrected chi connectivity index (χ4v) is 16.0. The lowest BCUT2D eigenvalue weighted by Gasteiger charge is -2.29. The van der Waals surface area contributed by atoms with E-state index in [9.17, 15) is 0 Å². The Morgan fingerprint density at radius 2 is 0.475 bits per heavy atom. The zero-order valence-electron chi connectivity index (χ0n) is 43.9. The van der Waals surface area contributed by atoms with Gasteiger partial charge in [0.2, 0.25) is 0 Å². The Morgan fingerprint density at radius 3 is 0.738 bits per heavy atom. The van der Waals surface area contributed by atoms with Crippen molar-refractivity contribution in [3.05, 3.63) is 313 Å². The minimum atomic E-state index is -3.89. The Kier molecular flexibility index (Phi) is 15.1. The van der Waals surface area contributed by atoms with Crippen LogP contribution >= 0.6 is 14.3 Å². The van der Waals surface area contributed by atoms with Crippen molar-refractivity contribution in [2.45, 2.75) is 26.4 Å². The van der Waals surface area contributed by atoms with Gasteiger partial charge in [-0.3, -0.25) is 0 Å². The predicted octanol–water partition coefficient (Wildman–Crippen LogP) is 15.3. The molecule has 0 unspecified atom stereocenters. The minimum Gasteiger partial charge on any atom is -0.489 e. The molecule has 0 amide bonds. The summed E-state index contributed by atoms with van der Waals surface area (Å²) in [6.07, 6.45) is 0. The van der Waals surface area contributed by atoms with Crippen LogP contribution in [0, 0.1) is 0 Å². The van der Waals surface area contributed by atoms with Crippen LogP contribution in [0.4, 0.5) is 0 Å². The number of ether oxygens (including phenoxy) is 4. The summed E-state index contributed by atoms with van der Waals surface area (Å²) in [5.74, 6) is 2.60. The smallest absolute Gasteiger partial charge is 0.171 e. The maximum atomic E-state index is 17.5. The monoisotopic (exact) mass is 1080 g/mol. The molecule has 0 bridgehead atoms. The first-order valence-corrected chi connectivity index (χ1v) is 30.2. The Hall–Kier alpha value is -9.18. The lowest BCUT2D eigenvalue weighted by atomic mass is 9.93. The first-order chi connectivity index (χ1) is 39.4.